The van der Waals surface area contributed by atoms with E-state index >= 15 is 0 Å². The molecule has 0 atom stereocenters. The van der Waals surface area contributed by atoms with Crippen LogP contribution in [0.5, 0.6) is 0 Å². The minimum Gasteiger partial charge on any atom is -0.203 e. The lowest BCUT2D eigenvalue weighted by Gasteiger charge is -2.28. The first-order valence-corrected chi connectivity index (χ1v) is 11.7. The van der Waals surface area contributed by atoms with Gasteiger partial charge in [0.15, 0.2) is 11.6 Å². The number of rotatable bonds is 9. The monoisotopic (exact) mass is 398 g/mol. The summed E-state index contributed by atoms with van der Waals surface area (Å²) in [5.74, 6) is 0.204. The molecule has 0 amide bonds. The van der Waals surface area contributed by atoms with Gasteiger partial charge in [-0.25, -0.2) is 8.78 Å². The molecule has 0 spiro atoms. The molecule has 0 radical (unpaired) electrons. The van der Waals surface area contributed by atoms with E-state index in [9.17, 15) is 8.78 Å². The molecule has 2 aromatic rings. The summed E-state index contributed by atoms with van der Waals surface area (Å²) in [6.07, 6.45) is 12.8. The van der Waals surface area contributed by atoms with Crippen LogP contribution in [-0.2, 0) is 12.8 Å². The topological polar surface area (TPSA) is 0 Å². The molecule has 158 valence electrons. The molecule has 0 nitrogen and oxygen atoms in total. The van der Waals surface area contributed by atoms with Gasteiger partial charge in [-0.2, -0.15) is 0 Å². The van der Waals surface area contributed by atoms with Crippen molar-refractivity contribution in [2.75, 3.05) is 0 Å². The minimum absolute atomic E-state index is 0.366. The largest absolute Gasteiger partial charge is 0.203 e. The van der Waals surface area contributed by atoms with E-state index in [1.807, 2.05) is 24.3 Å². The van der Waals surface area contributed by atoms with E-state index in [1.165, 1.54) is 50.5 Å². The number of hydrogen-bond donors (Lipinski definition) is 0. The average Bonchev–Trinajstić information content (AvgIpc) is 2.75. The maximum atomic E-state index is 14.8. The summed E-state index contributed by atoms with van der Waals surface area (Å²) in [5.41, 5.74) is 2.88. The Morgan fingerprint density at radius 3 is 2.00 bits per heavy atom. The Labute approximate surface area is 175 Å². The lowest BCUT2D eigenvalue weighted by atomic mass is 9.78. The quantitative estimate of drug-likeness (QED) is 0.397. The zero-order valence-electron chi connectivity index (χ0n) is 18.2. The van der Waals surface area contributed by atoms with Crippen LogP contribution >= 0.6 is 0 Å². The molecule has 29 heavy (non-hydrogen) atoms. The van der Waals surface area contributed by atoms with Gasteiger partial charge in [0.2, 0.25) is 0 Å². The normalized spacial score (nSPS) is 19.4. The Hall–Kier alpha value is -1.70. The Morgan fingerprint density at radius 2 is 1.38 bits per heavy atom. The minimum atomic E-state index is -0.700. The highest BCUT2D eigenvalue weighted by Crippen LogP contribution is 2.35. The smallest absolute Gasteiger partial charge is 0.166 e. The molecule has 1 saturated carbocycles. The fourth-order valence-corrected chi connectivity index (χ4v) is 4.81. The number of unbranched alkanes of at least 4 members (excludes halogenated alkanes) is 1. The Kier molecular flexibility index (Phi) is 8.27. The molecule has 0 aliphatic heterocycles. The fraction of sp³-hybridized carbons (Fsp3) is 0.556. The predicted molar refractivity (Wildman–Crippen MR) is 119 cm³/mol. The van der Waals surface area contributed by atoms with Crippen LogP contribution in [-0.4, -0.2) is 0 Å². The predicted octanol–water partition coefficient (Wildman–Crippen LogP) is 8.51. The molecule has 0 aromatic heterocycles. The van der Waals surface area contributed by atoms with Crippen molar-refractivity contribution in [1.29, 1.82) is 0 Å². The van der Waals surface area contributed by atoms with E-state index in [-0.39, 0.29) is 0 Å². The SMILES string of the molecule is CCCC[C@H]1CC[C@H](CCc2ccc(-c3ccc(CCC)cc3)c(F)c2F)CC1. The summed E-state index contributed by atoms with van der Waals surface area (Å²) in [6.45, 7) is 4.39. The Bertz CT molecular complexity index is 755. The summed E-state index contributed by atoms with van der Waals surface area (Å²) >= 11 is 0. The van der Waals surface area contributed by atoms with Gasteiger partial charge in [-0.1, -0.05) is 102 Å². The van der Waals surface area contributed by atoms with Crippen molar-refractivity contribution in [3.63, 3.8) is 0 Å². The lowest BCUT2D eigenvalue weighted by Crippen LogP contribution is -2.15. The molecule has 1 fully saturated rings. The van der Waals surface area contributed by atoms with E-state index in [1.54, 1.807) is 12.1 Å². The second-order valence-corrected chi connectivity index (χ2v) is 8.91. The molecular formula is C27H36F2. The van der Waals surface area contributed by atoms with Crippen molar-refractivity contribution in [2.45, 2.75) is 84.5 Å². The summed E-state index contributed by atoms with van der Waals surface area (Å²) in [7, 11) is 0. The number of hydrogen-bond acceptors (Lipinski definition) is 0. The van der Waals surface area contributed by atoms with E-state index in [0.29, 0.717) is 23.5 Å². The van der Waals surface area contributed by atoms with Crippen molar-refractivity contribution in [3.05, 3.63) is 59.2 Å². The fourth-order valence-electron chi connectivity index (χ4n) is 4.81. The van der Waals surface area contributed by atoms with Crippen LogP contribution in [0.25, 0.3) is 11.1 Å². The van der Waals surface area contributed by atoms with Crippen LogP contribution in [0, 0.1) is 23.5 Å². The Morgan fingerprint density at radius 1 is 0.724 bits per heavy atom. The molecule has 2 aromatic carbocycles. The molecule has 0 bridgehead atoms. The van der Waals surface area contributed by atoms with Gasteiger partial charge in [-0.3, -0.25) is 0 Å². The van der Waals surface area contributed by atoms with E-state index in [0.717, 1.165) is 30.7 Å². The summed E-state index contributed by atoms with van der Waals surface area (Å²) in [4.78, 5) is 0. The molecule has 0 heterocycles. The molecule has 0 saturated heterocycles. The third-order valence-corrected chi connectivity index (χ3v) is 6.72. The van der Waals surface area contributed by atoms with Gasteiger partial charge in [0.1, 0.15) is 0 Å². The standard InChI is InChI=1S/C27H36F2/c1-3-5-7-21-8-10-22(11-9-21)14-17-24-18-19-25(27(29)26(24)28)23-15-12-20(6-4-2)13-16-23/h12-13,15-16,18-19,21-22H,3-11,14,17H2,1-2H3/t21-,22-. The van der Waals surface area contributed by atoms with Crippen molar-refractivity contribution >= 4 is 0 Å². The van der Waals surface area contributed by atoms with Gasteiger partial charge in [0, 0.05) is 5.56 Å². The maximum Gasteiger partial charge on any atom is 0.166 e. The molecule has 2 heteroatoms. The third-order valence-electron chi connectivity index (χ3n) is 6.72. The number of aryl methyl sites for hydroxylation is 2. The average molecular weight is 399 g/mol. The molecule has 1 aliphatic carbocycles. The molecule has 0 unspecified atom stereocenters. The second kappa shape index (κ2) is 10.9. The summed E-state index contributed by atoms with van der Waals surface area (Å²) < 4.78 is 29.5. The van der Waals surface area contributed by atoms with Crippen LogP contribution in [0.3, 0.4) is 0 Å². The zero-order valence-corrected chi connectivity index (χ0v) is 18.2. The highest BCUT2D eigenvalue weighted by molar-refractivity contribution is 5.65. The van der Waals surface area contributed by atoms with Crippen LogP contribution < -0.4 is 0 Å². The zero-order chi connectivity index (χ0) is 20.6. The van der Waals surface area contributed by atoms with Crippen molar-refractivity contribution in [3.8, 4) is 11.1 Å². The van der Waals surface area contributed by atoms with Gasteiger partial charge in [-0.15, -0.1) is 0 Å². The van der Waals surface area contributed by atoms with Gasteiger partial charge >= 0.3 is 0 Å². The van der Waals surface area contributed by atoms with Gasteiger partial charge in [0.25, 0.3) is 0 Å². The van der Waals surface area contributed by atoms with Gasteiger partial charge in [-0.05, 0) is 47.8 Å². The lowest BCUT2D eigenvalue weighted by molar-refractivity contribution is 0.249. The Balaban J connectivity index is 1.58. The highest BCUT2D eigenvalue weighted by atomic mass is 19.2. The van der Waals surface area contributed by atoms with Gasteiger partial charge in [0.05, 0.1) is 0 Å². The molecule has 0 N–H and O–H groups in total. The van der Waals surface area contributed by atoms with Crippen molar-refractivity contribution < 1.29 is 8.78 Å². The summed E-state index contributed by atoms with van der Waals surface area (Å²) in [5, 5.41) is 0. The first kappa shape index (κ1) is 22.0. The van der Waals surface area contributed by atoms with Gasteiger partial charge < -0.3 is 0 Å². The molecule has 1 aliphatic rings. The van der Waals surface area contributed by atoms with Crippen molar-refractivity contribution in [2.24, 2.45) is 11.8 Å². The highest BCUT2D eigenvalue weighted by Gasteiger charge is 2.22. The number of benzene rings is 2. The summed E-state index contributed by atoms with van der Waals surface area (Å²) in [6, 6.07) is 11.4. The molecule has 3 rings (SSSR count). The van der Waals surface area contributed by atoms with Crippen LogP contribution in [0.1, 0.15) is 82.8 Å². The number of halogens is 2. The third kappa shape index (κ3) is 5.90. The second-order valence-electron chi connectivity index (χ2n) is 8.91. The van der Waals surface area contributed by atoms with E-state index in [4.69, 9.17) is 0 Å². The van der Waals surface area contributed by atoms with E-state index in [2.05, 4.69) is 13.8 Å². The first-order valence-electron chi connectivity index (χ1n) is 11.7. The first-order chi connectivity index (χ1) is 14.1. The van der Waals surface area contributed by atoms with E-state index < -0.39 is 11.6 Å². The van der Waals surface area contributed by atoms with Crippen LogP contribution in [0.4, 0.5) is 8.78 Å². The van der Waals surface area contributed by atoms with Crippen molar-refractivity contribution in [1.82, 2.24) is 0 Å². The maximum absolute atomic E-state index is 14.8. The van der Waals surface area contributed by atoms with Crippen LogP contribution in [0.2, 0.25) is 0 Å². The van der Waals surface area contributed by atoms with Crippen LogP contribution in [0.15, 0.2) is 36.4 Å². The molecular weight excluding hydrogens is 362 g/mol.